The summed E-state index contributed by atoms with van der Waals surface area (Å²) in [5, 5.41) is 1.98. The average molecular weight is 474 g/mol. The lowest BCUT2D eigenvalue weighted by Crippen LogP contribution is -2.50. The second-order valence-electron chi connectivity index (χ2n) is 7.76. The van der Waals surface area contributed by atoms with Gasteiger partial charge in [0, 0.05) is 16.9 Å². The summed E-state index contributed by atoms with van der Waals surface area (Å²) in [4.78, 5) is 29.2. The van der Waals surface area contributed by atoms with Crippen molar-refractivity contribution in [3.8, 4) is 0 Å². The van der Waals surface area contributed by atoms with Crippen molar-refractivity contribution in [1.29, 1.82) is 0 Å². The summed E-state index contributed by atoms with van der Waals surface area (Å²) in [6.07, 6.45) is 0.851. The van der Waals surface area contributed by atoms with Gasteiger partial charge in [-0.25, -0.2) is 0 Å². The van der Waals surface area contributed by atoms with E-state index < -0.39 is 45.6 Å². The molecule has 0 radical (unpaired) electrons. The third kappa shape index (κ3) is 2.12. The van der Waals surface area contributed by atoms with Crippen LogP contribution in [0.4, 0.5) is 0 Å². The van der Waals surface area contributed by atoms with E-state index in [9.17, 15) is 9.59 Å². The van der Waals surface area contributed by atoms with Crippen molar-refractivity contribution in [2.45, 2.75) is 35.3 Å². The summed E-state index contributed by atoms with van der Waals surface area (Å²) < 4.78 is 6.08. The van der Waals surface area contributed by atoms with Gasteiger partial charge in [0.25, 0.3) is 11.8 Å². The van der Waals surface area contributed by atoms with Gasteiger partial charge in [-0.1, -0.05) is 34.8 Å². The first-order chi connectivity index (χ1) is 12.6. The van der Waals surface area contributed by atoms with Crippen molar-refractivity contribution in [2.24, 2.45) is 23.7 Å². The van der Waals surface area contributed by atoms with Gasteiger partial charge in [0.2, 0.25) is 0 Å². The number of carbonyl (C=O) groups is 2. The Balaban J connectivity index is 1.49. The molecule has 2 aliphatic carbocycles. The third-order valence-electron chi connectivity index (χ3n) is 6.54. The van der Waals surface area contributed by atoms with Crippen LogP contribution < -0.4 is 0 Å². The zero-order valence-electron chi connectivity index (χ0n) is 13.9. The number of hydroxylamine groups is 2. The predicted molar refractivity (Wildman–Crippen MR) is 101 cm³/mol. The van der Waals surface area contributed by atoms with Gasteiger partial charge in [0.1, 0.15) is 0 Å². The number of fused-ring (bicyclic) bond motifs is 12. The molecule has 4 bridgehead atoms. The van der Waals surface area contributed by atoms with E-state index in [1.165, 1.54) is 0 Å². The number of hydrogen-bond donors (Lipinski definition) is 0. The zero-order chi connectivity index (χ0) is 19.5. The SMILES string of the molecule is CC(Cl)=CCON1C(=O)C2C3OC(C2C1=O)C1C3C2(Cl)CC1(Cl)C(Cl)=C2Cl. The second kappa shape index (κ2) is 5.78. The zero-order valence-corrected chi connectivity index (χ0v) is 17.7. The summed E-state index contributed by atoms with van der Waals surface area (Å²) in [5.74, 6) is -2.70. The molecule has 3 aliphatic heterocycles. The Labute approximate surface area is 180 Å². The first-order valence-corrected chi connectivity index (χ1v) is 10.4. The van der Waals surface area contributed by atoms with Gasteiger partial charge in [0.05, 0.1) is 50.5 Å². The van der Waals surface area contributed by atoms with Crippen LogP contribution in [0.2, 0.25) is 0 Å². The second-order valence-corrected chi connectivity index (χ2v) is 10.5. The quantitative estimate of drug-likeness (QED) is 0.463. The van der Waals surface area contributed by atoms with Crippen LogP contribution in [0.3, 0.4) is 0 Å². The van der Waals surface area contributed by atoms with Crippen LogP contribution in [-0.2, 0) is 19.2 Å². The van der Waals surface area contributed by atoms with Crippen molar-refractivity contribution in [3.63, 3.8) is 0 Å². The van der Waals surface area contributed by atoms with Crippen molar-refractivity contribution in [1.82, 2.24) is 5.06 Å². The first-order valence-electron chi connectivity index (χ1n) is 8.55. The minimum Gasteiger partial charge on any atom is -0.373 e. The molecule has 3 heterocycles. The summed E-state index contributed by atoms with van der Waals surface area (Å²) in [6, 6.07) is 0. The number of hydrogen-bond acceptors (Lipinski definition) is 4. The van der Waals surface area contributed by atoms with E-state index in [0.717, 1.165) is 5.06 Å². The number of imide groups is 1. The number of allylic oxidation sites excluding steroid dienone is 3. The number of ether oxygens (including phenoxy) is 1. The Kier molecular flexibility index (Phi) is 4.06. The van der Waals surface area contributed by atoms with Crippen molar-refractivity contribution >= 4 is 69.8 Å². The third-order valence-corrected chi connectivity index (χ3v) is 9.18. The molecule has 0 aromatic rings. The van der Waals surface area contributed by atoms with Crippen LogP contribution in [0.1, 0.15) is 13.3 Å². The molecular formula is C17H14Cl5NO4. The summed E-state index contributed by atoms with van der Waals surface area (Å²) >= 11 is 32.3. The van der Waals surface area contributed by atoms with Gasteiger partial charge in [0.15, 0.2) is 0 Å². The molecule has 1 saturated carbocycles. The summed E-state index contributed by atoms with van der Waals surface area (Å²) in [6.45, 7) is 1.70. The molecule has 0 N–H and O–H groups in total. The Hall–Kier alpha value is -0.0100. The van der Waals surface area contributed by atoms with E-state index >= 15 is 0 Å². The fourth-order valence-electron chi connectivity index (χ4n) is 5.62. The lowest BCUT2D eigenvalue weighted by molar-refractivity contribution is -0.189. The molecule has 5 rings (SSSR count). The fourth-order valence-corrected chi connectivity index (χ4v) is 7.70. The minimum absolute atomic E-state index is 0.0212. The monoisotopic (exact) mass is 471 g/mol. The fraction of sp³-hybridized carbons (Fsp3) is 0.647. The number of rotatable bonds is 3. The highest BCUT2D eigenvalue weighted by atomic mass is 35.5. The van der Waals surface area contributed by atoms with E-state index in [4.69, 9.17) is 67.6 Å². The molecule has 0 aromatic carbocycles. The van der Waals surface area contributed by atoms with Crippen LogP contribution in [-0.4, -0.2) is 45.4 Å². The lowest BCUT2D eigenvalue weighted by Gasteiger charge is -2.40. The maximum atomic E-state index is 12.9. The molecule has 8 atom stereocenters. The minimum atomic E-state index is -0.967. The van der Waals surface area contributed by atoms with E-state index in [0.29, 0.717) is 21.5 Å². The normalized spacial score (nSPS) is 50.3. The smallest absolute Gasteiger partial charge is 0.260 e. The largest absolute Gasteiger partial charge is 0.373 e. The standard InChI is InChI=1S/C17H14Cl5NO4/c1-5(18)2-3-26-23-14(24)6-7(15(23)25)11-9-8(10(6)27-11)16(21)4-17(9,22)13(20)12(16)19/h2,6-11H,3-4H2,1H3. The van der Waals surface area contributed by atoms with Crippen LogP contribution in [0.25, 0.3) is 0 Å². The van der Waals surface area contributed by atoms with Crippen LogP contribution in [0, 0.1) is 23.7 Å². The maximum absolute atomic E-state index is 12.9. The van der Waals surface area contributed by atoms with E-state index in [2.05, 4.69) is 0 Å². The molecule has 3 saturated heterocycles. The van der Waals surface area contributed by atoms with Gasteiger partial charge >= 0.3 is 0 Å². The van der Waals surface area contributed by atoms with E-state index in [1.54, 1.807) is 13.0 Å². The molecule has 8 unspecified atom stereocenters. The van der Waals surface area contributed by atoms with E-state index in [-0.39, 0.29) is 18.4 Å². The molecule has 5 nitrogen and oxygen atoms in total. The van der Waals surface area contributed by atoms with Gasteiger partial charge in [-0.2, -0.15) is 5.06 Å². The van der Waals surface area contributed by atoms with Gasteiger partial charge in [-0.15, -0.1) is 23.2 Å². The van der Waals surface area contributed by atoms with Gasteiger partial charge in [-0.05, 0) is 19.4 Å². The molecule has 2 amide bonds. The Morgan fingerprint density at radius 1 is 1.15 bits per heavy atom. The molecule has 27 heavy (non-hydrogen) atoms. The van der Waals surface area contributed by atoms with Gasteiger partial charge in [-0.3, -0.25) is 14.4 Å². The predicted octanol–water partition coefficient (Wildman–Crippen LogP) is 3.74. The van der Waals surface area contributed by atoms with E-state index in [1.807, 2.05) is 0 Å². The lowest BCUT2D eigenvalue weighted by atomic mass is 9.65. The molecule has 0 spiro atoms. The van der Waals surface area contributed by atoms with Crippen LogP contribution in [0.5, 0.6) is 0 Å². The van der Waals surface area contributed by atoms with Crippen molar-refractivity contribution in [2.75, 3.05) is 6.61 Å². The first kappa shape index (κ1) is 19.0. The summed E-state index contributed by atoms with van der Waals surface area (Å²) in [5.41, 5.74) is 0. The number of halogens is 5. The van der Waals surface area contributed by atoms with Crippen LogP contribution >= 0.6 is 58.0 Å². The highest BCUT2D eigenvalue weighted by Crippen LogP contribution is 2.75. The average Bonchev–Trinajstić information content (AvgIpc) is 3.32. The van der Waals surface area contributed by atoms with Crippen molar-refractivity contribution in [3.05, 3.63) is 21.2 Å². The van der Waals surface area contributed by atoms with Crippen molar-refractivity contribution < 1.29 is 19.2 Å². The van der Waals surface area contributed by atoms with Crippen LogP contribution in [0.15, 0.2) is 21.2 Å². The number of carbonyl (C=O) groups excluding carboxylic acids is 2. The number of alkyl halides is 2. The Morgan fingerprint density at radius 2 is 1.63 bits per heavy atom. The number of amides is 2. The molecule has 5 aliphatic rings. The molecule has 146 valence electrons. The molecule has 10 heteroatoms. The highest BCUT2D eigenvalue weighted by Gasteiger charge is 2.82. The summed E-state index contributed by atoms with van der Waals surface area (Å²) in [7, 11) is 0. The molecular weight excluding hydrogens is 459 g/mol. The molecule has 0 aromatic heterocycles. The Bertz CT molecular complexity index is 787. The topological polar surface area (TPSA) is 55.8 Å². The maximum Gasteiger partial charge on any atom is 0.260 e. The van der Waals surface area contributed by atoms with Gasteiger partial charge < -0.3 is 4.74 Å². The highest BCUT2D eigenvalue weighted by molar-refractivity contribution is 6.51. The molecule has 4 fully saturated rings. The number of nitrogens with zero attached hydrogens (tertiary/aromatic N) is 1. The Morgan fingerprint density at radius 3 is 2.07 bits per heavy atom.